The zero-order chi connectivity index (χ0) is 12.3. The normalized spacial score (nSPS) is 27.2. The summed E-state index contributed by atoms with van der Waals surface area (Å²) in [5, 5.41) is 0. The van der Waals surface area contributed by atoms with Crippen molar-refractivity contribution < 1.29 is 8.42 Å². The Balaban J connectivity index is 1.88. The molecule has 0 N–H and O–H groups in total. The van der Waals surface area contributed by atoms with Gasteiger partial charge in [0.15, 0.2) is 0 Å². The maximum Gasteiger partial charge on any atom is 0.214 e. The minimum Gasteiger partial charge on any atom is -0.298 e. The van der Waals surface area contributed by atoms with Crippen molar-refractivity contribution in [1.29, 1.82) is 0 Å². The van der Waals surface area contributed by atoms with Gasteiger partial charge in [0.25, 0.3) is 0 Å². The van der Waals surface area contributed by atoms with Crippen LogP contribution in [0.3, 0.4) is 0 Å². The number of rotatable bonds is 5. The van der Waals surface area contributed by atoms with Gasteiger partial charge in [-0.2, -0.15) is 4.31 Å². The Hall–Kier alpha value is 0.160. The Morgan fingerprint density at radius 2 is 2.00 bits per heavy atom. The van der Waals surface area contributed by atoms with Crippen LogP contribution in [0.1, 0.15) is 25.7 Å². The first-order chi connectivity index (χ1) is 8.13. The van der Waals surface area contributed by atoms with Crippen LogP contribution in [0.4, 0.5) is 0 Å². The molecule has 0 saturated carbocycles. The van der Waals surface area contributed by atoms with Crippen LogP contribution in [-0.2, 0) is 10.0 Å². The maximum absolute atomic E-state index is 12.1. The quantitative estimate of drug-likeness (QED) is 0.560. The molecule has 0 amide bonds. The smallest absolute Gasteiger partial charge is 0.214 e. The molecule has 100 valence electrons. The molecule has 0 aromatic rings. The molecule has 2 aliphatic heterocycles. The molecule has 2 rings (SSSR count). The van der Waals surface area contributed by atoms with E-state index < -0.39 is 10.0 Å². The number of nitrogens with zero attached hydrogens (tertiary/aromatic N) is 2. The van der Waals surface area contributed by atoms with E-state index in [0.29, 0.717) is 31.4 Å². The van der Waals surface area contributed by atoms with Gasteiger partial charge in [-0.1, -0.05) is 0 Å². The van der Waals surface area contributed by atoms with Crippen LogP contribution in [0.5, 0.6) is 0 Å². The summed E-state index contributed by atoms with van der Waals surface area (Å²) >= 11 is 5.57. The largest absolute Gasteiger partial charge is 0.298 e. The monoisotopic (exact) mass is 280 g/mol. The Morgan fingerprint density at radius 1 is 1.18 bits per heavy atom. The molecule has 4 nitrogen and oxygen atoms in total. The second kappa shape index (κ2) is 5.87. The number of alkyl halides is 1. The first-order valence-electron chi connectivity index (χ1n) is 6.41. The molecule has 2 saturated heterocycles. The van der Waals surface area contributed by atoms with Crippen LogP contribution in [0.2, 0.25) is 0 Å². The zero-order valence-electron chi connectivity index (χ0n) is 10.1. The third-order valence-electron chi connectivity index (χ3n) is 3.73. The fourth-order valence-corrected chi connectivity index (χ4v) is 4.50. The Labute approximate surface area is 109 Å². The van der Waals surface area contributed by atoms with Gasteiger partial charge in [0.05, 0.1) is 5.75 Å². The molecule has 2 fully saturated rings. The molecule has 6 heteroatoms. The fraction of sp³-hybridized carbons (Fsp3) is 1.00. The van der Waals surface area contributed by atoms with Crippen LogP contribution < -0.4 is 0 Å². The first kappa shape index (κ1) is 13.6. The van der Waals surface area contributed by atoms with Crippen LogP contribution in [0, 0.1) is 0 Å². The highest BCUT2D eigenvalue weighted by Crippen LogP contribution is 2.23. The first-order valence-corrected chi connectivity index (χ1v) is 8.56. The summed E-state index contributed by atoms with van der Waals surface area (Å²) < 4.78 is 25.9. The molecule has 1 unspecified atom stereocenters. The Morgan fingerprint density at radius 3 is 2.76 bits per heavy atom. The highest BCUT2D eigenvalue weighted by atomic mass is 35.5. The van der Waals surface area contributed by atoms with Crippen molar-refractivity contribution in [1.82, 2.24) is 9.21 Å². The summed E-state index contributed by atoms with van der Waals surface area (Å²) in [6.45, 7) is 3.41. The minimum atomic E-state index is -3.05. The summed E-state index contributed by atoms with van der Waals surface area (Å²) in [5.41, 5.74) is 0. The van der Waals surface area contributed by atoms with E-state index in [-0.39, 0.29) is 5.75 Å². The molecule has 0 spiro atoms. The lowest BCUT2D eigenvalue weighted by Gasteiger charge is -2.36. The number of unbranched alkanes of at least 4 members (excludes halogenated alkanes) is 1. The van der Waals surface area contributed by atoms with Gasteiger partial charge >= 0.3 is 0 Å². The molecule has 1 atom stereocenters. The Bertz CT molecular complexity index is 347. The number of hydrogen-bond acceptors (Lipinski definition) is 3. The number of halogens is 1. The van der Waals surface area contributed by atoms with Gasteiger partial charge in [-0.05, 0) is 32.2 Å². The van der Waals surface area contributed by atoms with Gasteiger partial charge in [0, 0.05) is 31.6 Å². The van der Waals surface area contributed by atoms with E-state index in [1.54, 1.807) is 4.31 Å². The standard InChI is InChI=1S/C11H21ClN2O2S/c12-5-1-2-9-17(15,16)14-8-7-13-6-3-4-11(13)10-14/h11H,1-10H2. The maximum atomic E-state index is 12.1. The average Bonchev–Trinajstić information content (AvgIpc) is 2.76. The predicted octanol–water partition coefficient (Wildman–Crippen LogP) is 1.12. The molecular formula is C11H21ClN2O2S. The van der Waals surface area contributed by atoms with Crippen molar-refractivity contribution in [2.24, 2.45) is 0 Å². The molecule has 0 aromatic carbocycles. The second-order valence-corrected chi connectivity index (χ2v) is 7.37. The molecule has 2 heterocycles. The topological polar surface area (TPSA) is 40.6 Å². The van der Waals surface area contributed by atoms with E-state index in [1.165, 1.54) is 6.42 Å². The fourth-order valence-electron chi connectivity index (χ4n) is 2.72. The summed E-state index contributed by atoms with van der Waals surface area (Å²) in [4.78, 5) is 2.42. The molecule has 17 heavy (non-hydrogen) atoms. The minimum absolute atomic E-state index is 0.256. The number of sulfonamides is 1. The lowest BCUT2D eigenvalue weighted by Crippen LogP contribution is -2.52. The summed E-state index contributed by atoms with van der Waals surface area (Å²) in [7, 11) is -3.05. The highest BCUT2D eigenvalue weighted by molar-refractivity contribution is 7.89. The summed E-state index contributed by atoms with van der Waals surface area (Å²) in [6, 6.07) is 0.464. The van der Waals surface area contributed by atoms with E-state index in [4.69, 9.17) is 11.6 Å². The van der Waals surface area contributed by atoms with Crippen LogP contribution >= 0.6 is 11.6 Å². The van der Waals surface area contributed by atoms with Crippen molar-refractivity contribution in [3.63, 3.8) is 0 Å². The van der Waals surface area contributed by atoms with E-state index >= 15 is 0 Å². The molecule has 0 radical (unpaired) electrons. The molecule has 2 aliphatic rings. The van der Waals surface area contributed by atoms with Crippen molar-refractivity contribution in [3.8, 4) is 0 Å². The van der Waals surface area contributed by atoms with E-state index in [1.807, 2.05) is 0 Å². The third kappa shape index (κ3) is 3.34. The van der Waals surface area contributed by atoms with E-state index in [0.717, 1.165) is 25.9 Å². The van der Waals surface area contributed by atoms with Gasteiger partial charge in [0.1, 0.15) is 0 Å². The summed E-state index contributed by atoms with van der Waals surface area (Å²) in [5.74, 6) is 0.804. The van der Waals surface area contributed by atoms with E-state index in [9.17, 15) is 8.42 Å². The number of fused-ring (bicyclic) bond motifs is 1. The van der Waals surface area contributed by atoms with Gasteiger partial charge in [-0.3, -0.25) is 4.90 Å². The number of hydrogen-bond donors (Lipinski definition) is 0. The lowest BCUT2D eigenvalue weighted by molar-refractivity contribution is 0.158. The van der Waals surface area contributed by atoms with Crippen LogP contribution in [0.15, 0.2) is 0 Å². The van der Waals surface area contributed by atoms with Gasteiger partial charge in [-0.15, -0.1) is 11.6 Å². The van der Waals surface area contributed by atoms with Crippen LogP contribution in [0.25, 0.3) is 0 Å². The predicted molar refractivity (Wildman–Crippen MR) is 69.9 cm³/mol. The number of piperazine rings is 1. The Kier molecular flexibility index (Phi) is 4.69. The SMILES string of the molecule is O=S(=O)(CCCCCl)N1CCN2CCCC2C1. The highest BCUT2D eigenvalue weighted by Gasteiger charge is 2.35. The second-order valence-electron chi connectivity index (χ2n) is 4.90. The van der Waals surface area contributed by atoms with Crippen LogP contribution in [-0.4, -0.2) is 61.5 Å². The van der Waals surface area contributed by atoms with Crippen molar-refractivity contribution >= 4 is 21.6 Å². The van der Waals surface area contributed by atoms with Gasteiger partial charge < -0.3 is 0 Å². The van der Waals surface area contributed by atoms with Crippen molar-refractivity contribution in [2.75, 3.05) is 37.8 Å². The lowest BCUT2D eigenvalue weighted by atomic mass is 10.2. The third-order valence-corrected chi connectivity index (χ3v) is 5.92. The van der Waals surface area contributed by atoms with E-state index in [2.05, 4.69) is 4.90 Å². The van der Waals surface area contributed by atoms with Crippen molar-refractivity contribution in [3.05, 3.63) is 0 Å². The molecule has 0 aromatic heterocycles. The van der Waals surface area contributed by atoms with Gasteiger partial charge in [0.2, 0.25) is 10.0 Å². The zero-order valence-corrected chi connectivity index (χ0v) is 11.7. The summed E-state index contributed by atoms with van der Waals surface area (Å²) in [6.07, 6.45) is 3.82. The molecule has 0 bridgehead atoms. The average molecular weight is 281 g/mol. The molecular weight excluding hydrogens is 260 g/mol. The molecule has 0 aliphatic carbocycles. The van der Waals surface area contributed by atoms with Crippen molar-refractivity contribution in [2.45, 2.75) is 31.7 Å². The van der Waals surface area contributed by atoms with Gasteiger partial charge in [-0.25, -0.2) is 8.42 Å².